The highest BCUT2D eigenvalue weighted by Gasteiger charge is 2.39. The monoisotopic (exact) mass is 506 g/mol. The first-order valence-electron chi connectivity index (χ1n) is 12.6. The Kier molecular flexibility index (Phi) is 6.08. The molecule has 0 saturated carbocycles. The fourth-order valence-electron chi connectivity index (χ4n) is 5.49. The molecule has 5 nitrogen and oxygen atoms in total. The van der Waals surface area contributed by atoms with Crippen molar-refractivity contribution in [3.05, 3.63) is 119 Å². The Morgan fingerprint density at radius 2 is 1.61 bits per heavy atom. The smallest absolute Gasteiger partial charge is 0.255 e. The van der Waals surface area contributed by atoms with Crippen molar-refractivity contribution in [2.75, 3.05) is 20.8 Å². The summed E-state index contributed by atoms with van der Waals surface area (Å²) in [6, 6.07) is 27.9. The largest absolute Gasteiger partial charge is 0.493 e. The molecule has 0 fully saturated rings. The number of nitrogens with one attached hydrogen (secondary N) is 1. The molecule has 0 radical (unpaired) electrons. The Morgan fingerprint density at radius 1 is 0.868 bits per heavy atom. The molecule has 4 aromatic carbocycles. The summed E-state index contributed by atoms with van der Waals surface area (Å²) in [5, 5.41) is 1.04. The van der Waals surface area contributed by atoms with Gasteiger partial charge in [0.05, 0.1) is 26.0 Å². The lowest BCUT2D eigenvalue weighted by molar-refractivity contribution is 0.0753. The van der Waals surface area contributed by atoms with Crippen LogP contribution in [0, 0.1) is 5.82 Å². The van der Waals surface area contributed by atoms with Gasteiger partial charge in [-0.15, -0.1) is 0 Å². The van der Waals surface area contributed by atoms with Crippen molar-refractivity contribution in [2.45, 2.75) is 12.5 Å². The normalized spacial score (nSPS) is 14.7. The molecule has 0 saturated heterocycles. The number of aromatic nitrogens is 1. The van der Waals surface area contributed by atoms with Crippen LogP contribution in [-0.2, 0) is 6.42 Å². The first-order valence-corrected chi connectivity index (χ1v) is 12.6. The van der Waals surface area contributed by atoms with Crippen molar-refractivity contribution in [3.8, 4) is 22.8 Å². The molecule has 0 aliphatic carbocycles. The molecule has 0 bridgehead atoms. The van der Waals surface area contributed by atoms with Crippen molar-refractivity contribution < 1.29 is 18.7 Å². The average molecular weight is 507 g/mol. The van der Waals surface area contributed by atoms with Crippen LogP contribution in [0.15, 0.2) is 91.0 Å². The van der Waals surface area contributed by atoms with Gasteiger partial charge in [-0.25, -0.2) is 4.39 Å². The van der Waals surface area contributed by atoms with Gasteiger partial charge in [-0.3, -0.25) is 4.79 Å². The van der Waals surface area contributed by atoms with Crippen LogP contribution in [0.3, 0.4) is 0 Å². The van der Waals surface area contributed by atoms with Crippen LogP contribution in [0.1, 0.15) is 33.1 Å². The number of methoxy groups -OCH3 is 2. The molecule has 1 aromatic heterocycles. The number of ether oxygens (including phenoxy) is 2. The summed E-state index contributed by atoms with van der Waals surface area (Å²) in [4.78, 5) is 19.3. The van der Waals surface area contributed by atoms with E-state index in [0.29, 0.717) is 30.0 Å². The molecule has 1 aliphatic heterocycles. The maximum absolute atomic E-state index is 13.8. The van der Waals surface area contributed by atoms with E-state index in [1.54, 1.807) is 26.4 Å². The van der Waals surface area contributed by atoms with Crippen molar-refractivity contribution in [3.63, 3.8) is 0 Å². The van der Waals surface area contributed by atoms with Crippen LogP contribution in [0.4, 0.5) is 4.39 Å². The van der Waals surface area contributed by atoms with Crippen LogP contribution >= 0.6 is 0 Å². The molecule has 190 valence electrons. The van der Waals surface area contributed by atoms with Gasteiger partial charge in [-0.2, -0.15) is 0 Å². The fraction of sp³-hybridized carbons (Fsp3) is 0.156. The fourth-order valence-corrected chi connectivity index (χ4v) is 5.49. The minimum Gasteiger partial charge on any atom is -0.493 e. The summed E-state index contributed by atoms with van der Waals surface area (Å²) in [5.74, 6) is 1.04. The van der Waals surface area contributed by atoms with E-state index in [0.717, 1.165) is 38.9 Å². The highest BCUT2D eigenvalue weighted by molar-refractivity contribution is 6.02. The predicted octanol–water partition coefficient (Wildman–Crippen LogP) is 6.78. The number of aromatic amines is 1. The van der Waals surface area contributed by atoms with Gasteiger partial charge in [0.2, 0.25) is 0 Å². The third kappa shape index (κ3) is 3.98. The van der Waals surface area contributed by atoms with E-state index >= 15 is 0 Å². The minimum absolute atomic E-state index is 0.00131. The number of carbonyl (C=O) groups excluding carboxylic acids is 1. The lowest BCUT2D eigenvalue weighted by Gasteiger charge is -2.27. The van der Waals surface area contributed by atoms with Gasteiger partial charge < -0.3 is 19.4 Å². The molecular weight excluding hydrogens is 479 g/mol. The van der Waals surface area contributed by atoms with Crippen LogP contribution in [0.2, 0.25) is 0 Å². The van der Waals surface area contributed by atoms with E-state index in [1.165, 1.54) is 12.1 Å². The highest BCUT2D eigenvalue weighted by Crippen LogP contribution is 2.45. The first-order chi connectivity index (χ1) is 18.6. The second kappa shape index (κ2) is 9.71. The topological polar surface area (TPSA) is 54.6 Å². The Labute approximate surface area is 220 Å². The minimum atomic E-state index is -0.296. The summed E-state index contributed by atoms with van der Waals surface area (Å²) in [5.41, 5.74) is 6.46. The van der Waals surface area contributed by atoms with Gasteiger partial charge in [0.1, 0.15) is 5.82 Å². The molecule has 0 spiro atoms. The van der Waals surface area contributed by atoms with Crippen LogP contribution in [0.25, 0.3) is 22.2 Å². The maximum atomic E-state index is 13.8. The average Bonchev–Trinajstić information content (AvgIpc) is 3.47. The molecular formula is C32H27FN2O3. The molecule has 1 aliphatic rings. The molecule has 6 rings (SSSR count). The Hall–Kier alpha value is -4.58. The van der Waals surface area contributed by atoms with Gasteiger partial charge in [-0.1, -0.05) is 42.5 Å². The van der Waals surface area contributed by atoms with Gasteiger partial charge in [0, 0.05) is 28.6 Å². The SMILES string of the molecule is COc1ccc(CCN2C(=O)c3ccccc3[C@H]2c2c(-c3ccc(F)cc3)[nH]c3ccccc23)cc1OC. The van der Waals surface area contributed by atoms with Crippen LogP contribution < -0.4 is 9.47 Å². The number of hydrogen-bond acceptors (Lipinski definition) is 3. The standard InChI is InChI=1S/C32H27FN2O3/c1-37-27-16-11-20(19-28(27)38-2)17-18-35-31(23-7-3-4-8-24(23)32(35)36)29-25-9-5-6-10-26(25)34-30(29)21-12-14-22(33)15-13-21/h3-16,19,31,34H,17-18H2,1-2H3/t31-/m0/s1. The highest BCUT2D eigenvalue weighted by atomic mass is 19.1. The number of rotatable bonds is 7. The molecule has 38 heavy (non-hydrogen) atoms. The van der Waals surface area contributed by atoms with Crippen molar-refractivity contribution in [2.24, 2.45) is 0 Å². The zero-order chi connectivity index (χ0) is 26.2. The number of amides is 1. The zero-order valence-corrected chi connectivity index (χ0v) is 21.2. The Balaban J connectivity index is 1.47. The van der Waals surface area contributed by atoms with E-state index in [2.05, 4.69) is 11.1 Å². The van der Waals surface area contributed by atoms with E-state index in [-0.39, 0.29) is 17.8 Å². The quantitative estimate of drug-likeness (QED) is 0.265. The van der Waals surface area contributed by atoms with Crippen LogP contribution in [0.5, 0.6) is 11.5 Å². The van der Waals surface area contributed by atoms with E-state index in [4.69, 9.17) is 9.47 Å². The molecule has 1 amide bonds. The van der Waals surface area contributed by atoms with Gasteiger partial charge in [0.15, 0.2) is 11.5 Å². The van der Waals surface area contributed by atoms with Crippen molar-refractivity contribution in [1.82, 2.24) is 9.88 Å². The summed E-state index contributed by atoms with van der Waals surface area (Å²) in [7, 11) is 3.23. The second-order valence-electron chi connectivity index (χ2n) is 9.39. The zero-order valence-electron chi connectivity index (χ0n) is 21.2. The summed E-state index contributed by atoms with van der Waals surface area (Å²) >= 11 is 0. The van der Waals surface area contributed by atoms with Crippen LogP contribution in [-0.4, -0.2) is 36.6 Å². The maximum Gasteiger partial charge on any atom is 0.255 e. The lowest BCUT2D eigenvalue weighted by Crippen LogP contribution is -2.31. The van der Waals surface area contributed by atoms with E-state index in [1.807, 2.05) is 65.6 Å². The van der Waals surface area contributed by atoms with Gasteiger partial charge >= 0.3 is 0 Å². The summed E-state index contributed by atoms with van der Waals surface area (Å²) in [6.07, 6.45) is 0.644. The number of para-hydroxylation sites is 1. The number of H-pyrrole nitrogens is 1. The predicted molar refractivity (Wildman–Crippen MR) is 146 cm³/mol. The Morgan fingerprint density at radius 3 is 2.39 bits per heavy atom. The summed E-state index contributed by atoms with van der Waals surface area (Å²) in [6.45, 7) is 0.510. The molecule has 1 atom stereocenters. The molecule has 2 heterocycles. The second-order valence-corrected chi connectivity index (χ2v) is 9.39. The molecule has 0 unspecified atom stereocenters. The van der Waals surface area contributed by atoms with E-state index < -0.39 is 0 Å². The van der Waals surface area contributed by atoms with Gasteiger partial charge in [-0.05, 0) is 71.6 Å². The molecule has 1 N–H and O–H groups in total. The lowest BCUT2D eigenvalue weighted by atomic mass is 9.93. The van der Waals surface area contributed by atoms with Crippen molar-refractivity contribution >= 4 is 16.8 Å². The number of hydrogen-bond donors (Lipinski definition) is 1. The number of halogens is 1. The first kappa shape index (κ1) is 23.8. The number of benzene rings is 4. The third-order valence-electron chi connectivity index (χ3n) is 7.30. The molecule has 6 heteroatoms. The summed E-state index contributed by atoms with van der Waals surface area (Å²) < 4.78 is 24.7. The number of nitrogens with zero attached hydrogens (tertiary/aromatic N) is 1. The number of carbonyl (C=O) groups is 1. The third-order valence-corrected chi connectivity index (χ3v) is 7.30. The van der Waals surface area contributed by atoms with E-state index in [9.17, 15) is 9.18 Å². The van der Waals surface area contributed by atoms with Crippen molar-refractivity contribution in [1.29, 1.82) is 0 Å². The number of fused-ring (bicyclic) bond motifs is 2. The Bertz CT molecular complexity index is 1640. The van der Waals surface area contributed by atoms with Gasteiger partial charge in [0.25, 0.3) is 5.91 Å². The molecule has 5 aromatic rings.